The van der Waals surface area contributed by atoms with Crippen molar-refractivity contribution in [3.05, 3.63) is 33.2 Å². The van der Waals surface area contributed by atoms with Crippen LogP contribution in [0.4, 0.5) is 8.78 Å². The van der Waals surface area contributed by atoms with Crippen LogP contribution in [0.25, 0.3) is 0 Å². The molecule has 0 saturated heterocycles. The summed E-state index contributed by atoms with van der Waals surface area (Å²) in [7, 11) is 0. The van der Waals surface area contributed by atoms with Crippen molar-refractivity contribution in [2.24, 2.45) is 0 Å². The van der Waals surface area contributed by atoms with Crippen LogP contribution in [0, 0.1) is 0 Å². The molecule has 0 spiro atoms. The number of pyridine rings is 1. The van der Waals surface area contributed by atoms with Crippen LogP contribution in [-0.4, -0.2) is 17.6 Å². The number of aromatic nitrogens is 1. The summed E-state index contributed by atoms with van der Waals surface area (Å²) in [4.78, 5) is 24.7. The maximum Gasteiger partial charge on any atom is 0.340 e. The molecule has 0 amide bonds. The number of carbonyl (C=O) groups is 1. The van der Waals surface area contributed by atoms with E-state index in [0.29, 0.717) is 0 Å². The Morgan fingerprint density at radius 3 is 2.71 bits per heavy atom. The summed E-state index contributed by atoms with van der Waals surface area (Å²) in [6.45, 7) is 1.64. The summed E-state index contributed by atoms with van der Waals surface area (Å²) in [5.74, 6) is -0.867. The van der Waals surface area contributed by atoms with Gasteiger partial charge in [-0.1, -0.05) is 15.9 Å². The number of alkyl halides is 3. The third-order valence-corrected chi connectivity index (χ3v) is 2.60. The third-order valence-electron chi connectivity index (χ3n) is 2.00. The first kappa shape index (κ1) is 13.8. The fraction of sp³-hybridized carbons (Fsp3) is 0.400. The molecule has 0 radical (unpaired) electrons. The molecule has 0 saturated carbocycles. The molecular weight excluding hydrogens is 300 g/mol. The lowest BCUT2D eigenvalue weighted by molar-refractivity contribution is 0.0512. The van der Waals surface area contributed by atoms with Gasteiger partial charge in [-0.2, -0.15) is 0 Å². The van der Waals surface area contributed by atoms with Crippen LogP contribution >= 0.6 is 15.9 Å². The number of aromatic amines is 1. The van der Waals surface area contributed by atoms with Crippen molar-refractivity contribution < 1.29 is 18.3 Å². The Hall–Kier alpha value is -1.24. The average Bonchev–Trinajstić information content (AvgIpc) is 2.27. The Morgan fingerprint density at radius 2 is 2.24 bits per heavy atom. The number of hydrogen-bond acceptors (Lipinski definition) is 3. The molecule has 1 heterocycles. The van der Waals surface area contributed by atoms with E-state index in [2.05, 4.69) is 20.7 Å². The van der Waals surface area contributed by atoms with Gasteiger partial charge in [0, 0.05) is 11.4 Å². The fourth-order valence-electron chi connectivity index (χ4n) is 1.35. The molecule has 17 heavy (non-hydrogen) atoms. The molecule has 4 nitrogen and oxygen atoms in total. The Labute approximate surface area is 104 Å². The SMILES string of the molecule is CCOC(=O)c1c(CBr)cc(=O)[nH]c1C(F)F. The fourth-order valence-corrected chi connectivity index (χ4v) is 1.79. The van der Waals surface area contributed by atoms with Crippen molar-refractivity contribution in [3.63, 3.8) is 0 Å². The molecule has 0 bridgehead atoms. The first-order valence-electron chi connectivity index (χ1n) is 4.78. The van der Waals surface area contributed by atoms with Gasteiger partial charge in [-0.25, -0.2) is 13.6 Å². The predicted octanol–water partition coefficient (Wildman–Crippen LogP) is 2.38. The van der Waals surface area contributed by atoms with Crippen molar-refractivity contribution in [2.75, 3.05) is 6.61 Å². The summed E-state index contributed by atoms with van der Waals surface area (Å²) in [6, 6.07) is 1.09. The number of nitrogens with one attached hydrogen (secondary N) is 1. The normalized spacial score (nSPS) is 10.6. The standard InChI is InChI=1S/C10H10BrF2NO3/c1-2-17-10(16)7-5(4-11)3-6(15)14-8(7)9(12)13/h3,9H,2,4H2,1H3,(H,14,15). The molecule has 1 N–H and O–H groups in total. The van der Waals surface area contributed by atoms with Gasteiger partial charge in [0.05, 0.1) is 17.9 Å². The monoisotopic (exact) mass is 309 g/mol. The van der Waals surface area contributed by atoms with E-state index in [1.807, 2.05) is 4.98 Å². The van der Waals surface area contributed by atoms with Crippen LogP contribution in [0.1, 0.15) is 35.0 Å². The van der Waals surface area contributed by atoms with Crippen LogP contribution in [0.3, 0.4) is 0 Å². The molecule has 0 unspecified atom stereocenters. The highest BCUT2D eigenvalue weighted by Crippen LogP contribution is 2.24. The molecule has 0 aliphatic heterocycles. The van der Waals surface area contributed by atoms with Gasteiger partial charge >= 0.3 is 5.97 Å². The lowest BCUT2D eigenvalue weighted by atomic mass is 10.1. The second-order valence-corrected chi connectivity index (χ2v) is 3.66. The van der Waals surface area contributed by atoms with E-state index in [-0.39, 0.29) is 23.1 Å². The highest BCUT2D eigenvalue weighted by Gasteiger charge is 2.24. The van der Waals surface area contributed by atoms with Crippen LogP contribution < -0.4 is 5.56 Å². The number of carbonyl (C=O) groups excluding carboxylic acids is 1. The van der Waals surface area contributed by atoms with E-state index in [9.17, 15) is 18.4 Å². The first-order chi connectivity index (χ1) is 8.01. The molecule has 0 aromatic carbocycles. The van der Waals surface area contributed by atoms with E-state index < -0.39 is 23.6 Å². The number of rotatable bonds is 4. The first-order valence-corrected chi connectivity index (χ1v) is 5.90. The number of ether oxygens (including phenoxy) is 1. The lowest BCUT2D eigenvalue weighted by Gasteiger charge is -2.11. The molecular formula is C10H10BrF2NO3. The number of H-pyrrole nitrogens is 1. The predicted molar refractivity (Wildman–Crippen MR) is 60.6 cm³/mol. The van der Waals surface area contributed by atoms with E-state index in [1.54, 1.807) is 6.92 Å². The van der Waals surface area contributed by atoms with Crippen LogP contribution in [-0.2, 0) is 10.1 Å². The van der Waals surface area contributed by atoms with Crippen molar-refractivity contribution in [3.8, 4) is 0 Å². The minimum absolute atomic E-state index is 0.0718. The highest BCUT2D eigenvalue weighted by atomic mass is 79.9. The van der Waals surface area contributed by atoms with Crippen molar-refractivity contribution >= 4 is 21.9 Å². The zero-order valence-corrected chi connectivity index (χ0v) is 10.5. The molecule has 0 aliphatic rings. The van der Waals surface area contributed by atoms with Gasteiger partial charge in [0.25, 0.3) is 6.43 Å². The van der Waals surface area contributed by atoms with Crippen molar-refractivity contribution in [1.82, 2.24) is 4.98 Å². The maximum absolute atomic E-state index is 12.7. The van der Waals surface area contributed by atoms with Gasteiger partial charge in [0.15, 0.2) is 0 Å². The van der Waals surface area contributed by atoms with Gasteiger partial charge in [-0.15, -0.1) is 0 Å². The quantitative estimate of drug-likeness (QED) is 0.686. The number of esters is 1. The van der Waals surface area contributed by atoms with Crippen LogP contribution in [0.5, 0.6) is 0 Å². The Balaban J connectivity index is 3.41. The highest BCUT2D eigenvalue weighted by molar-refractivity contribution is 9.08. The summed E-state index contributed by atoms with van der Waals surface area (Å²) >= 11 is 3.04. The largest absolute Gasteiger partial charge is 0.462 e. The summed E-state index contributed by atoms with van der Waals surface area (Å²) in [6.07, 6.45) is -2.94. The lowest BCUT2D eigenvalue weighted by Crippen LogP contribution is -2.19. The molecule has 0 atom stereocenters. The Kier molecular flexibility index (Phi) is 4.80. The molecule has 1 rings (SSSR count). The zero-order chi connectivity index (χ0) is 13.0. The van der Waals surface area contributed by atoms with Gasteiger partial charge in [-0.05, 0) is 12.5 Å². The second-order valence-electron chi connectivity index (χ2n) is 3.10. The van der Waals surface area contributed by atoms with Crippen molar-refractivity contribution in [2.45, 2.75) is 18.7 Å². The van der Waals surface area contributed by atoms with Crippen LogP contribution in [0.2, 0.25) is 0 Å². The summed E-state index contributed by atoms with van der Waals surface area (Å²) in [5, 5.41) is 0.116. The summed E-state index contributed by atoms with van der Waals surface area (Å²) in [5.41, 5.74) is -1.48. The third kappa shape index (κ3) is 3.12. The number of hydrogen-bond donors (Lipinski definition) is 1. The summed E-state index contributed by atoms with van der Waals surface area (Å²) < 4.78 is 30.1. The van der Waals surface area contributed by atoms with Gasteiger partial charge in [-0.3, -0.25) is 4.79 Å². The van der Waals surface area contributed by atoms with Gasteiger partial charge < -0.3 is 9.72 Å². The minimum atomic E-state index is -2.94. The van der Waals surface area contributed by atoms with E-state index in [4.69, 9.17) is 0 Å². The molecule has 1 aromatic heterocycles. The Morgan fingerprint density at radius 1 is 1.59 bits per heavy atom. The molecule has 0 fully saturated rings. The topological polar surface area (TPSA) is 59.2 Å². The Bertz CT molecular complexity index is 473. The van der Waals surface area contributed by atoms with Crippen molar-refractivity contribution in [1.29, 1.82) is 0 Å². The zero-order valence-electron chi connectivity index (χ0n) is 8.93. The molecule has 0 aliphatic carbocycles. The molecule has 1 aromatic rings. The molecule has 7 heteroatoms. The molecule has 94 valence electrons. The average molecular weight is 310 g/mol. The second kappa shape index (κ2) is 5.90. The van der Waals surface area contributed by atoms with E-state index >= 15 is 0 Å². The maximum atomic E-state index is 12.7. The van der Waals surface area contributed by atoms with E-state index in [1.165, 1.54) is 0 Å². The van der Waals surface area contributed by atoms with Crippen LogP contribution in [0.15, 0.2) is 10.9 Å². The van der Waals surface area contributed by atoms with Gasteiger partial charge in [0.2, 0.25) is 5.56 Å². The minimum Gasteiger partial charge on any atom is -0.462 e. The van der Waals surface area contributed by atoms with Gasteiger partial charge in [0.1, 0.15) is 0 Å². The van der Waals surface area contributed by atoms with E-state index in [0.717, 1.165) is 6.07 Å². The number of halogens is 3. The smallest absolute Gasteiger partial charge is 0.340 e.